The maximum absolute atomic E-state index is 11.0. The fourth-order valence-corrected chi connectivity index (χ4v) is 3.07. The second-order valence-corrected chi connectivity index (χ2v) is 6.56. The molecule has 7 heteroatoms. The molecule has 1 saturated heterocycles. The highest BCUT2D eigenvalue weighted by molar-refractivity contribution is 6.30. The van der Waals surface area contributed by atoms with Crippen molar-refractivity contribution in [2.75, 3.05) is 19.6 Å². The lowest BCUT2D eigenvalue weighted by atomic mass is 9.91. The Balaban J connectivity index is 1.51. The number of nitrogens with one attached hydrogen (secondary N) is 2. The topological polar surface area (TPSA) is 86.9 Å². The van der Waals surface area contributed by atoms with Gasteiger partial charge in [0.2, 0.25) is 0 Å². The first-order chi connectivity index (χ1) is 12.1. The maximum atomic E-state index is 11.0. The molecule has 2 heterocycles. The number of hydrogen-bond acceptors (Lipinski definition) is 5. The fourth-order valence-electron chi connectivity index (χ4n) is 2.88. The highest BCUT2D eigenvalue weighted by Crippen LogP contribution is 2.24. The molecule has 0 aliphatic carbocycles. The van der Waals surface area contributed by atoms with Crippen LogP contribution in [0.3, 0.4) is 0 Å². The number of rotatable bonds is 6. The molecule has 0 unspecified atom stereocenters. The molecule has 0 spiro atoms. The summed E-state index contributed by atoms with van der Waals surface area (Å²) in [4.78, 5) is 11.0. The van der Waals surface area contributed by atoms with Gasteiger partial charge in [-0.2, -0.15) is 5.10 Å². The van der Waals surface area contributed by atoms with Crippen LogP contribution < -0.4 is 10.7 Å². The van der Waals surface area contributed by atoms with E-state index >= 15 is 0 Å². The van der Waals surface area contributed by atoms with Gasteiger partial charge in [0.15, 0.2) is 0 Å². The predicted molar refractivity (Wildman–Crippen MR) is 96.9 cm³/mol. The van der Waals surface area contributed by atoms with Crippen LogP contribution in [0.15, 0.2) is 45.9 Å². The van der Waals surface area contributed by atoms with Crippen molar-refractivity contribution < 1.29 is 14.3 Å². The van der Waals surface area contributed by atoms with Crippen molar-refractivity contribution in [1.82, 2.24) is 10.7 Å². The molecule has 25 heavy (non-hydrogen) atoms. The molecule has 3 N–H and O–H groups in total. The number of carbonyl (C=O) groups is 1. The Morgan fingerprint density at radius 1 is 1.40 bits per heavy atom. The van der Waals surface area contributed by atoms with E-state index in [2.05, 4.69) is 15.8 Å². The monoisotopic (exact) mass is 361 g/mol. The highest BCUT2D eigenvalue weighted by atomic mass is 35.5. The number of carboxylic acids is 1. The van der Waals surface area contributed by atoms with Gasteiger partial charge in [-0.25, -0.2) is 0 Å². The first-order valence-electron chi connectivity index (χ1n) is 8.17. The molecule has 1 aliphatic rings. The zero-order chi connectivity index (χ0) is 17.6. The van der Waals surface area contributed by atoms with Crippen molar-refractivity contribution in [3.05, 3.63) is 47.2 Å². The number of nitrogens with zero attached hydrogens (tertiary/aromatic N) is 1. The Bertz CT molecular complexity index is 760. The van der Waals surface area contributed by atoms with Crippen LogP contribution in [0.25, 0.3) is 11.3 Å². The Morgan fingerprint density at radius 2 is 2.28 bits per heavy atom. The molecule has 0 radical (unpaired) electrons. The van der Waals surface area contributed by atoms with E-state index in [1.54, 1.807) is 6.21 Å². The summed E-state index contributed by atoms with van der Waals surface area (Å²) < 4.78 is 5.73. The lowest BCUT2D eigenvalue weighted by molar-refractivity contribution is -0.142. The van der Waals surface area contributed by atoms with Gasteiger partial charge in [0.05, 0.1) is 12.1 Å². The molecule has 1 aromatic heterocycles. The number of benzene rings is 1. The second-order valence-electron chi connectivity index (χ2n) is 6.13. The molecule has 132 valence electrons. The zero-order valence-electron chi connectivity index (χ0n) is 13.6. The summed E-state index contributed by atoms with van der Waals surface area (Å²) >= 11 is 5.99. The van der Waals surface area contributed by atoms with Gasteiger partial charge in [-0.05, 0) is 43.1 Å². The molecule has 1 fully saturated rings. The molecule has 1 aliphatic heterocycles. The van der Waals surface area contributed by atoms with Crippen molar-refractivity contribution in [3.8, 4) is 11.3 Å². The zero-order valence-corrected chi connectivity index (χ0v) is 14.4. The number of aliphatic carboxylic acids is 1. The smallest absolute Gasteiger partial charge is 0.307 e. The molecule has 1 aromatic carbocycles. The first kappa shape index (κ1) is 17.5. The van der Waals surface area contributed by atoms with Crippen LogP contribution in [0.4, 0.5) is 0 Å². The fraction of sp³-hybridized carbons (Fsp3) is 0.333. The van der Waals surface area contributed by atoms with Crippen LogP contribution in [0, 0.1) is 11.8 Å². The average Bonchev–Trinajstić information content (AvgIpc) is 3.08. The second kappa shape index (κ2) is 8.18. The average molecular weight is 362 g/mol. The molecular weight excluding hydrogens is 342 g/mol. The maximum Gasteiger partial charge on any atom is 0.307 e. The third kappa shape index (κ3) is 4.84. The van der Waals surface area contributed by atoms with Crippen molar-refractivity contribution in [3.63, 3.8) is 0 Å². The van der Waals surface area contributed by atoms with Gasteiger partial charge < -0.3 is 20.3 Å². The van der Waals surface area contributed by atoms with Crippen LogP contribution in [-0.4, -0.2) is 36.9 Å². The number of piperidine rings is 1. The molecule has 0 bridgehead atoms. The minimum Gasteiger partial charge on any atom is -0.481 e. The van der Waals surface area contributed by atoms with E-state index in [0.29, 0.717) is 30.3 Å². The van der Waals surface area contributed by atoms with Crippen molar-refractivity contribution >= 4 is 23.8 Å². The largest absolute Gasteiger partial charge is 0.481 e. The van der Waals surface area contributed by atoms with Gasteiger partial charge in [0.25, 0.3) is 0 Å². The molecule has 3 rings (SSSR count). The van der Waals surface area contributed by atoms with E-state index in [9.17, 15) is 4.79 Å². The lowest BCUT2D eigenvalue weighted by Crippen LogP contribution is -2.42. The van der Waals surface area contributed by atoms with E-state index in [0.717, 1.165) is 17.9 Å². The SMILES string of the molecule is O=C(O)[C@H]1CNC[C@@H](CN/N=C/c2ccc(-c3cccc(Cl)c3)o2)C1. The summed E-state index contributed by atoms with van der Waals surface area (Å²) in [6.45, 7) is 1.95. The number of furan rings is 1. The summed E-state index contributed by atoms with van der Waals surface area (Å²) in [5.74, 6) is 0.530. The molecule has 0 amide bonds. The Kier molecular flexibility index (Phi) is 5.73. The molecule has 0 saturated carbocycles. The lowest BCUT2D eigenvalue weighted by Gasteiger charge is -2.27. The predicted octanol–water partition coefficient (Wildman–Crippen LogP) is 2.83. The van der Waals surface area contributed by atoms with E-state index in [-0.39, 0.29) is 11.8 Å². The Hall–Kier alpha value is -2.31. The quantitative estimate of drug-likeness (QED) is 0.544. The molecule has 6 nitrogen and oxygen atoms in total. The minimum atomic E-state index is -0.746. The van der Waals surface area contributed by atoms with Crippen LogP contribution in [0.1, 0.15) is 12.2 Å². The van der Waals surface area contributed by atoms with Crippen LogP contribution >= 0.6 is 11.6 Å². The first-order valence-corrected chi connectivity index (χ1v) is 8.55. The molecular formula is C18H20ClN3O3. The minimum absolute atomic E-state index is 0.241. The van der Waals surface area contributed by atoms with Gasteiger partial charge in [-0.1, -0.05) is 23.7 Å². The van der Waals surface area contributed by atoms with Crippen LogP contribution in [0.2, 0.25) is 5.02 Å². The van der Waals surface area contributed by atoms with Gasteiger partial charge >= 0.3 is 5.97 Å². The van der Waals surface area contributed by atoms with Gasteiger partial charge in [0.1, 0.15) is 11.5 Å². The summed E-state index contributed by atoms with van der Waals surface area (Å²) in [6, 6.07) is 11.2. The van der Waals surface area contributed by atoms with E-state index < -0.39 is 5.97 Å². The summed E-state index contributed by atoms with van der Waals surface area (Å²) in [6.07, 6.45) is 2.27. The third-order valence-electron chi connectivity index (χ3n) is 4.19. The number of carboxylic acid groups (broad SMARTS) is 1. The van der Waals surface area contributed by atoms with Crippen molar-refractivity contribution in [2.24, 2.45) is 16.9 Å². The van der Waals surface area contributed by atoms with Crippen molar-refractivity contribution in [1.29, 1.82) is 0 Å². The normalized spacial score (nSPS) is 20.7. The number of hydrogen-bond donors (Lipinski definition) is 3. The van der Waals surface area contributed by atoms with E-state index in [4.69, 9.17) is 21.1 Å². The number of hydrazone groups is 1. The summed E-state index contributed by atoms with van der Waals surface area (Å²) in [5, 5.41) is 17.0. The standard InChI is InChI=1S/C18H20ClN3O3/c19-15-3-1-2-13(7-15)17-5-4-16(25-17)11-22-21-9-12-6-14(18(23)24)10-20-8-12/h1-5,7,11-12,14,20-21H,6,8-10H2,(H,23,24)/b22-11+/t12-,14+/m0/s1. The van der Waals surface area contributed by atoms with Gasteiger partial charge in [0, 0.05) is 23.7 Å². The van der Waals surface area contributed by atoms with Crippen molar-refractivity contribution in [2.45, 2.75) is 6.42 Å². The van der Waals surface area contributed by atoms with E-state index in [1.165, 1.54) is 0 Å². The third-order valence-corrected chi connectivity index (χ3v) is 4.42. The molecule has 2 aromatic rings. The Labute approximate surface area is 150 Å². The highest BCUT2D eigenvalue weighted by Gasteiger charge is 2.26. The number of halogens is 1. The summed E-state index contributed by atoms with van der Waals surface area (Å²) in [7, 11) is 0. The van der Waals surface area contributed by atoms with Crippen LogP contribution in [0.5, 0.6) is 0 Å². The Morgan fingerprint density at radius 3 is 3.08 bits per heavy atom. The van der Waals surface area contributed by atoms with Gasteiger partial charge in [-0.15, -0.1) is 0 Å². The summed E-state index contributed by atoms with van der Waals surface area (Å²) in [5.41, 5.74) is 3.89. The van der Waals surface area contributed by atoms with E-state index in [1.807, 2.05) is 36.4 Å². The van der Waals surface area contributed by atoms with Crippen LogP contribution in [-0.2, 0) is 4.79 Å². The molecule has 2 atom stereocenters. The van der Waals surface area contributed by atoms with Gasteiger partial charge in [-0.3, -0.25) is 4.79 Å².